The summed E-state index contributed by atoms with van der Waals surface area (Å²) in [5.74, 6) is 1.08. The van der Waals surface area contributed by atoms with Gasteiger partial charge in [-0.15, -0.1) is 16.5 Å². The van der Waals surface area contributed by atoms with Crippen LogP contribution < -0.4 is 0 Å². The molecule has 0 spiro atoms. The van der Waals surface area contributed by atoms with Gasteiger partial charge in [0.15, 0.2) is 0 Å². The molecule has 0 unspecified atom stereocenters. The number of rotatable bonds is 4. The molecule has 0 saturated carbocycles. The van der Waals surface area contributed by atoms with Crippen molar-refractivity contribution in [1.82, 2.24) is 4.98 Å². The average Bonchev–Trinajstić information content (AvgIpc) is 3.12. The highest BCUT2D eigenvalue weighted by Gasteiger charge is 2.14. The molecule has 0 aliphatic carbocycles. The SMILES string of the molecule is CCc1cnc(N=Nc2c(CC)cc(O)c3cc(C)sc23)o1. The molecule has 0 atom stereocenters. The fourth-order valence-corrected chi connectivity index (χ4v) is 3.36. The Morgan fingerprint density at radius 1 is 1.23 bits per heavy atom. The summed E-state index contributed by atoms with van der Waals surface area (Å²) in [5, 5.41) is 19.4. The Morgan fingerprint density at radius 3 is 2.73 bits per heavy atom. The molecule has 0 bridgehead atoms. The minimum absolute atomic E-state index is 0.258. The van der Waals surface area contributed by atoms with Crippen LogP contribution in [-0.4, -0.2) is 10.1 Å². The van der Waals surface area contributed by atoms with Gasteiger partial charge in [0.1, 0.15) is 17.2 Å². The summed E-state index contributed by atoms with van der Waals surface area (Å²) in [4.78, 5) is 5.21. The maximum atomic E-state index is 10.1. The summed E-state index contributed by atoms with van der Waals surface area (Å²) in [6, 6.07) is 3.98. The first-order chi connectivity index (χ1) is 10.6. The van der Waals surface area contributed by atoms with Gasteiger partial charge in [-0.3, -0.25) is 0 Å². The zero-order chi connectivity index (χ0) is 15.7. The van der Waals surface area contributed by atoms with E-state index in [0.717, 1.165) is 44.8 Å². The summed E-state index contributed by atoms with van der Waals surface area (Å²) in [6.45, 7) is 6.03. The number of hydrogen-bond donors (Lipinski definition) is 1. The quantitative estimate of drug-likeness (QED) is 0.651. The summed E-state index contributed by atoms with van der Waals surface area (Å²) in [7, 11) is 0. The monoisotopic (exact) mass is 315 g/mol. The third-order valence-corrected chi connectivity index (χ3v) is 4.52. The molecule has 0 saturated heterocycles. The Balaban J connectivity index is 2.10. The van der Waals surface area contributed by atoms with E-state index >= 15 is 0 Å². The average molecular weight is 315 g/mol. The fraction of sp³-hybridized carbons (Fsp3) is 0.312. The maximum Gasteiger partial charge on any atom is 0.341 e. The lowest BCUT2D eigenvalue weighted by Gasteiger charge is -2.05. The smallest absolute Gasteiger partial charge is 0.341 e. The molecule has 1 aromatic carbocycles. The van der Waals surface area contributed by atoms with Gasteiger partial charge < -0.3 is 9.52 Å². The van der Waals surface area contributed by atoms with E-state index in [1.165, 1.54) is 0 Å². The normalized spacial score (nSPS) is 11.8. The third-order valence-electron chi connectivity index (χ3n) is 3.47. The third kappa shape index (κ3) is 2.62. The summed E-state index contributed by atoms with van der Waals surface area (Å²) in [5.41, 5.74) is 1.74. The lowest BCUT2D eigenvalue weighted by Crippen LogP contribution is -1.82. The van der Waals surface area contributed by atoms with Crippen LogP contribution >= 0.6 is 11.3 Å². The molecule has 0 aliphatic heterocycles. The van der Waals surface area contributed by atoms with Gasteiger partial charge in [-0.05, 0) is 31.0 Å². The van der Waals surface area contributed by atoms with E-state index in [9.17, 15) is 5.11 Å². The standard InChI is InChI=1S/C16H17N3O2S/c1-4-10-7-13(20)12-6-9(3)22-15(12)14(10)18-19-16-17-8-11(5-2)21-16/h6-8,20H,4-5H2,1-3H3. The molecule has 2 aromatic heterocycles. The van der Waals surface area contributed by atoms with Crippen LogP contribution in [0.25, 0.3) is 10.1 Å². The molecule has 6 heteroatoms. The minimum Gasteiger partial charge on any atom is -0.507 e. The number of aryl methyl sites for hydroxylation is 3. The van der Waals surface area contributed by atoms with Crippen LogP contribution in [0.3, 0.4) is 0 Å². The highest BCUT2D eigenvalue weighted by Crippen LogP contribution is 2.42. The van der Waals surface area contributed by atoms with Gasteiger partial charge >= 0.3 is 6.01 Å². The van der Waals surface area contributed by atoms with Crippen molar-refractivity contribution in [2.75, 3.05) is 0 Å². The zero-order valence-corrected chi connectivity index (χ0v) is 13.6. The number of thiophene rings is 1. The second-order valence-electron chi connectivity index (χ2n) is 5.02. The topological polar surface area (TPSA) is 71.0 Å². The molecular formula is C16H17N3O2S. The number of phenols is 1. The van der Waals surface area contributed by atoms with Crippen LogP contribution in [0.2, 0.25) is 0 Å². The lowest BCUT2D eigenvalue weighted by molar-refractivity contribution is 0.481. The number of phenolic OH excluding ortho intramolecular Hbond substituents is 1. The van der Waals surface area contributed by atoms with Gasteiger partial charge in [-0.25, -0.2) is 0 Å². The van der Waals surface area contributed by atoms with Crippen LogP contribution in [0.4, 0.5) is 11.7 Å². The van der Waals surface area contributed by atoms with E-state index in [1.807, 2.05) is 26.8 Å². The van der Waals surface area contributed by atoms with Gasteiger partial charge in [-0.1, -0.05) is 19.0 Å². The fourth-order valence-electron chi connectivity index (χ4n) is 2.32. The van der Waals surface area contributed by atoms with Crippen LogP contribution in [-0.2, 0) is 12.8 Å². The molecule has 2 heterocycles. The number of benzene rings is 1. The molecule has 22 heavy (non-hydrogen) atoms. The van der Waals surface area contributed by atoms with Gasteiger partial charge in [0.05, 0.1) is 10.9 Å². The summed E-state index contributed by atoms with van der Waals surface area (Å²) >= 11 is 1.60. The molecule has 0 aliphatic rings. The number of aromatic nitrogens is 1. The number of nitrogens with zero attached hydrogens (tertiary/aromatic N) is 3. The Morgan fingerprint density at radius 2 is 2.05 bits per heavy atom. The van der Waals surface area contributed by atoms with Gasteiger partial charge in [0.25, 0.3) is 0 Å². The predicted molar refractivity (Wildman–Crippen MR) is 87.7 cm³/mol. The van der Waals surface area contributed by atoms with E-state index in [-0.39, 0.29) is 6.01 Å². The number of fused-ring (bicyclic) bond motifs is 1. The van der Waals surface area contributed by atoms with Gasteiger partial charge in [-0.2, -0.15) is 4.98 Å². The van der Waals surface area contributed by atoms with Crippen LogP contribution in [0, 0.1) is 6.92 Å². The Kier molecular flexibility index (Phi) is 3.94. The van der Waals surface area contributed by atoms with Gasteiger partial charge in [0, 0.05) is 16.7 Å². The van der Waals surface area contributed by atoms with Crippen LogP contribution in [0.5, 0.6) is 5.75 Å². The Hall–Kier alpha value is -2.21. The van der Waals surface area contributed by atoms with Crippen molar-refractivity contribution in [2.24, 2.45) is 10.2 Å². The molecule has 0 amide bonds. The minimum atomic E-state index is 0.258. The number of hydrogen-bond acceptors (Lipinski definition) is 6. The second-order valence-corrected chi connectivity index (χ2v) is 6.28. The molecule has 5 nitrogen and oxygen atoms in total. The molecule has 114 valence electrons. The maximum absolute atomic E-state index is 10.1. The highest BCUT2D eigenvalue weighted by molar-refractivity contribution is 7.19. The number of azo groups is 1. The number of oxazole rings is 1. The molecule has 3 aromatic rings. The Labute approximate surface area is 132 Å². The van der Waals surface area contributed by atoms with E-state index in [4.69, 9.17) is 4.42 Å². The van der Waals surface area contributed by atoms with E-state index in [1.54, 1.807) is 23.6 Å². The first-order valence-electron chi connectivity index (χ1n) is 7.23. The molecule has 0 radical (unpaired) electrons. The van der Waals surface area contributed by atoms with Crippen LogP contribution in [0.1, 0.15) is 30.0 Å². The van der Waals surface area contributed by atoms with E-state index in [0.29, 0.717) is 5.75 Å². The van der Waals surface area contributed by atoms with E-state index < -0.39 is 0 Å². The lowest BCUT2D eigenvalue weighted by atomic mass is 10.1. The van der Waals surface area contributed by atoms with Crippen LogP contribution in [0.15, 0.2) is 33.0 Å². The molecular weight excluding hydrogens is 298 g/mol. The van der Waals surface area contributed by atoms with Crippen molar-refractivity contribution < 1.29 is 9.52 Å². The van der Waals surface area contributed by atoms with Crippen molar-refractivity contribution >= 4 is 33.1 Å². The number of aromatic hydroxyl groups is 1. The predicted octanol–water partition coefficient (Wildman–Crippen LogP) is 5.44. The Bertz CT molecular complexity index is 849. The molecule has 0 fully saturated rings. The van der Waals surface area contributed by atoms with Crippen molar-refractivity contribution in [1.29, 1.82) is 0 Å². The molecule has 1 N–H and O–H groups in total. The largest absolute Gasteiger partial charge is 0.507 e. The van der Waals surface area contributed by atoms with Crippen molar-refractivity contribution in [2.45, 2.75) is 33.6 Å². The van der Waals surface area contributed by atoms with E-state index in [2.05, 4.69) is 15.2 Å². The van der Waals surface area contributed by atoms with Crippen molar-refractivity contribution in [3.8, 4) is 5.75 Å². The zero-order valence-electron chi connectivity index (χ0n) is 12.8. The second kappa shape index (κ2) is 5.88. The summed E-state index contributed by atoms with van der Waals surface area (Å²) < 4.78 is 6.40. The van der Waals surface area contributed by atoms with Crippen molar-refractivity contribution in [3.05, 3.63) is 34.5 Å². The first kappa shape index (κ1) is 14.7. The van der Waals surface area contributed by atoms with Crippen molar-refractivity contribution in [3.63, 3.8) is 0 Å². The highest BCUT2D eigenvalue weighted by atomic mass is 32.1. The summed E-state index contributed by atoms with van der Waals surface area (Å²) in [6.07, 6.45) is 3.20. The first-order valence-corrected chi connectivity index (χ1v) is 8.05. The molecule has 3 rings (SSSR count). The van der Waals surface area contributed by atoms with Gasteiger partial charge in [0.2, 0.25) is 0 Å².